The molecule has 3 aromatic rings. The van der Waals surface area contributed by atoms with Crippen LogP contribution in [-0.4, -0.2) is 51.9 Å². The second-order valence-corrected chi connectivity index (χ2v) is 12.7. The van der Waals surface area contributed by atoms with E-state index in [4.69, 9.17) is 14.2 Å². The van der Waals surface area contributed by atoms with Gasteiger partial charge in [0.25, 0.3) is 0 Å². The predicted molar refractivity (Wildman–Crippen MR) is 173 cm³/mol. The molecule has 3 aromatic carbocycles. The van der Waals surface area contributed by atoms with Crippen LogP contribution in [0.4, 0.5) is 5.69 Å². The molecule has 1 saturated heterocycles. The first-order valence-electron chi connectivity index (χ1n) is 15.9. The van der Waals surface area contributed by atoms with Crippen LogP contribution < -0.4 is 19.1 Å². The first-order chi connectivity index (χ1) is 20.4. The van der Waals surface area contributed by atoms with Crippen molar-refractivity contribution in [1.82, 2.24) is 4.90 Å². The predicted octanol–water partition coefficient (Wildman–Crippen LogP) is 7.89. The fraction of sp³-hybridized carbons (Fsp3) is 0.514. The van der Waals surface area contributed by atoms with E-state index in [-0.39, 0.29) is 5.41 Å². The average Bonchev–Trinajstić information content (AvgIpc) is 3.28. The van der Waals surface area contributed by atoms with Crippen LogP contribution in [0.2, 0.25) is 0 Å². The molecule has 0 amide bonds. The molecule has 1 fully saturated rings. The van der Waals surface area contributed by atoms with Crippen molar-refractivity contribution in [3.8, 4) is 17.2 Å². The van der Waals surface area contributed by atoms with Gasteiger partial charge in [-0.05, 0) is 110 Å². The second-order valence-electron chi connectivity index (χ2n) is 12.7. The van der Waals surface area contributed by atoms with Crippen molar-refractivity contribution in [2.24, 2.45) is 5.41 Å². The second kappa shape index (κ2) is 13.9. The number of ether oxygens (including phenoxy) is 3. The minimum absolute atomic E-state index is 0.106. The number of benzene rings is 3. The van der Waals surface area contributed by atoms with Crippen molar-refractivity contribution in [2.45, 2.75) is 71.8 Å². The number of methoxy groups -OCH3 is 2. The van der Waals surface area contributed by atoms with Crippen LogP contribution in [0.25, 0.3) is 0 Å². The Balaban J connectivity index is 1.31. The number of nitrogens with zero attached hydrogens (tertiary/aromatic N) is 2. The van der Waals surface area contributed by atoms with E-state index < -0.39 is 0 Å². The quantitative estimate of drug-likeness (QED) is 0.234. The maximum Gasteiger partial charge on any atom is 0.120 e. The van der Waals surface area contributed by atoms with Crippen molar-refractivity contribution >= 4 is 5.69 Å². The largest absolute Gasteiger partial charge is 0.497 e. The highest BCUT2D eigenvalue weighted by molar-refractivity contribution is 5.60. The molecule has 0 N–H and O–H groups in total. The first-order valence-corrected chi connectivity index (χ1v) is 15.9. The van der Waals surface area contributed by atoms with Gasteiger partial charge in [-0.1, -0.05) is 51.0 Å². The zero-order chi connectivity index (χ0) is 29.5. The summed E-state index contributed by atoms with van der Waals surface area (Å²) in [5.74, 6) is 3.20. The summed E-state index contributed by atoms with van der Waals surface area (Å²) in [5.41, 5.74) is 6.89. The van der Waals surface area contributed by atoms with Gasteiger partial charge in [-0.3, -0.25) is 4.90 Å². The monoisotopic (exact) mass is 570 g/mol. The van der Waals surface area contributed by atoms with E-state index in [9.17, 15) is 0 Å². The number of fused-ring (bicyclic) bond motifs is 1. The molecule has 5 heteroatoms. The van der Waals surface area contributed by atoms with Gasteiger partial charge in [-0.25, -0.2) is 0 Å². The average molecular weight is 571 g/mol. The normalized spacial score (nSPS) is 18.5. The lowest BCUT2D eigenvalue weighted by molar-refractivity contribution is 0.214. The third-order valence-electron chi connectivity index (χ3n) is 9.43. The fourth-order valence-corrected chi connectivity index (χ4v) is 6.88. The van der Waals surface area contributed by atoms with Gasteiger partial charge in [0.1, 0.15) is 23.9 Å². The van der Waals surface area contributed by atoms with Crippen LogP contribution in [0.3, 0.4) is 0 Å². The van der Waals surface area contributed by atoms with Gasteiger partial charge in [-0.2, -0.15) is 0 Å². The van der Waals surface area contributed by atoms with Crippen LogP contribution in [0.15, 0.2) is 60.7 Å². The summed E-state index contributed by atoms with van der Waals surface area (Å²) in [6.45, 7) is 13.0. The smallest absolute Gasteiger partial charge is 0.120 e. The van der Waals surface area contributed by atoms with E-state index in [0.717, 1.165) is 56.3 Å². The third kappa shape index (κ3) is 7.23. The van der Waals surface area contributed by atoms with Crippen molar-refractivity contribution in [2.75, 3.05) is 51.9 Å². The zero-order valence-electron chi connectivity index (χ0n) is 26.5. The Morgan fingerprint density at radius 3 is 2.17 bits per heavy atom. The van der Waals surface area contributed by atoms with Crippen LogP contribution in [0.1, 0.15) is 74.6 Å². The Kier molecular flexibility index (Phi) is 9.99. The van der Waals surface area contributed by atoms with Crippen LogP contribution in [0, 0.1) is 5.41 Å². The van der Waals surface area contributed by atoms with E-state index in [2.05, 4.69) is 91.2 Å². The minimum atomic E-state index is 0.106. The van der Waals surface area contributed by atoms with Gasteiger partial charge < -0.3 is 19.1 Å². The van der Waals surface area contributed by atoms with E-state index in [1.54, 1.807) is 14.2 Å². The van der Waals surface area contributed by atoms with E-state index in [1.807, 2.05) is 0 Å². The van der Waals surface area contributed by atoms with Crippen LogP contribution in [-0.2, 0) is 19.4 Å². The number of hydrogen-bond acceptors (Lipinski definition) is 5. The molecule has 0 saturated carbocycles. The van der Waals surface area contributed by atoms with Crippen LogP contribution >= 0.6 is 0 Å². The number of hydrogen-bond donors (Lipinski definition) is 0. The van der Waals surface area contributed by atoms with Crippen molar-refractivity contribution in [1.29, 1.82) is 0 Å². The summed E-state index contributed by atoms with van der Waals surface area (Å²) in [6, 6.07) is 22.0. The van der Waals surface area contributed by atoms with Gasteiger partial charge in [0.15, 0.2) is 0 Å². The SMILES string of the molecule is CCN(Cc1ccc(OCCN2CCCCCC2)cc1)c1cc(OC)ccc1C1Cc2ccc(OC)cc2CC1(C)C. The topological polar surface area (TPSA) is 34.2 Å². The molecule has 1 aliphatic carbocycles. The summed E-state index contributed by atoms with van der Waals surface area (Å²) < 4.78 is 17.4. The Morgan fingerprint density at radius 1 is 0.810 bits per heavy atom. The highest BCUT2D eigenvalue weighted by Crippen LogP contribution is 2.49. The Morgan fingerprint density at radius 2 is 1.48 bits per heavy atom. The van der Waals surface area contributed by atoms with E-state index in [0.29, 0.717) is 5.92 Å². The molecular weight excluding hydrogens is 520 g/mol. The number of likely N-dealkylation sites (tertiary alicyclic amines) is 1. The van der Waals surface area contributed by atoms with Gasteiger partial charge in [-0.15, -0.1) is 0 Å². The van der Waals surface area contributed by atoms with Gasteiger partial charge in [0.05, 0.1) is 14.2 Å². The van der Waals surface area contributed by atoms with E-state index in [1.165, 1.54) is 66.7 Å². The molecule has 1 aliphatic heterocycles. The third-order valence-corrected chi connectivity index (χ3v) is 9.43. The van der Waals surface area contributed by atoms with Gasteiger partial charge in [0, 0.05) is 31.4 Å². The lowest BCUT2D eigenvalue weighted by Crippen LogP contribution is -2.33. The lowest BCUT2D eigenvalue weighted by atomic mass is 9.64. The van der Waals surface area contributed by atoms with Crippen LogP contribution in [0.5, 0.6) is 17.2 Å². The molecule has 0 aromatic heterocycles. The molecule has 1 unspecified atom stereocenters. The Bertz CT molecular complexity index is 1290. The van der Waals surface area contributed by atoms with Crippen molar-refractivity contribution in [3.05, 3.63) is 82.9 Å². The molecule has 2 aliphatic rings. The first kappa shape index (κ1) is 30.3. The molecule has 1 heterocycles. The molecule has 226 valence electrons. The van der Waals surface area contributed by atoms with E-state index >= 15 is 0 Å². The van der Waals surface area contributed by atoms with Gasteiger partial charge >= 0.3 is 0 Å². The molecule has 0 radical (unpaired) electrons. The Labute approximate surface area is 253 Å². The zero-order valence-corrected chi connectivity index (χ0v) is 26.5. The molecule has 5 rings (SSSR count). The highest BCUT2D eigenvalue weighted by atomic mass is 16.5. The summed E-state index contributed by atoms with van der Waals surface area (Å²) >= 11 is 0. The summed E-state index contributed by atoms with van der Waals surface area (Å²) in [5, 5.41) is 0. The summed E-state index contributed by atoms with van der Waals surface area (Å²) in [4.78, 5) is 5.04. The number of anilines is 1. The molecule has 0 bridgehead atoms. The minimum Gasteiger partial charge on any atom is -0.497 e. The molecule has 0 spiro atoms. The van der Waals surface area contributed by atoms with Gasteiger partial charge in [0.2, 0.25) is 0 Å². The molecule has 5 nitrogen and oxygen atoms in total. The molecule has 1 atom stereocenters. The standard InChI is InChI=1S/C37H50N2O3/c1-6-39(27-28-11-14-31(15-12-28)42-22-21-38-19-9-7-8-10-20-38)36-25-33(41-5)17-18-34(36)35-24-29-13-16-32(40-4)23-30(29)26-37(35,2)3/h11-18,23,25,35H,6-10,19-22,24,26-27H2,1-5H3. The number of rotatable bonds is 11. The van der Waals surface area contributed by atoms with Crippen molar-refractivity contribution < 1.29 is 14.2 Å². The Hall–Kier alpha value is -3.18. The summed E-state index contributed by atoms with van der Waals surface area (Å²) in [7, 11) is 3.51. The lowest BCUT2D eigenvalue weighted by Gasteiger charge is -2.42. The maximum atomic E-state index is 6.14. The summed E-state index contributed by atoms with van der Waals surface area (Å²) in [6.07, 6.45) is 7.42. The molecular formula is C37H50N2O3. The fourth-order valence-electron chi connectivity index (χ4n) is 6.88. The maximum absolute atomic E-state index is 6.14. The molecule has 42 heavy (non-hydrogen) atoms. The van der Waals surface area contributed by atoms with Crippen molar-refractivity contribution in [3.63, 3.8) is 0 Å². The highest BCUT2D eigenvalue weighted by Gasteiger charge is 2.38.